The van der Waals surface area contributed by atoms with Crippen molar-refractivity contribution in [1.82, 2.24) is 15.0 Å². The minimum Gasteiger partial charge on any atom is -0.456 e. The van der Waals surface area contributed by atoms with Crippen LogP contribution in [0.2, 0.25) is 0 Å². The summed E-state index contributed by atoms with van der Waals surface area (Å²) >= 11 is 0. The lowest BCUT2D eigenvalue weighted by Crippen LogP contribution is -2.13. The Morgan fingerprint density at radius 2 is 0.862 bits per heavy atom. The Balaban J connectivity index is 0.942. The van der Waals surface area contributed by atoms with Crippen LogP contribution in [0.3, 0.4) is 0 Å². The zero-order valence-electron chi connectivity index (χ0n) is 35.3. The Bertz CT molecular complexity index is 3720. The number of aromatic nitrogens is 3. The molecular formula is C61H39N3O. The first-order valence-corrected chi connectivity index (χ1v) is 22.2. The Morgan fingerprint density at radius 3 is 1.49 bits per heavy atom. The third-order valence-corrected chi connectivity index (χ3v) is 13.3. The number of furan rings is 1. The molecule has 1 aliphatic carbocycles. The molecule has 4 nitrogen and oxygen atoms in total. The highest BCUT2D eigenvalue weighted by atomic mass is 16.3. The van der Waals surface area contributed by atoms with Gasteiger partial charge in [0.2, 0.25) is 0 Å². The van der Waals surface area contributed by atoms with Gasteiger partial charge in [0.25, 0.3) is 0 Å². The van der Waals surface area contributed by atoms with E-state index in [1.807, 2.05) is 0 Å². The summed E-state index contributed by atoms with van der Waals surface area (Å²) in [7, 11) is 0. The first kappa shape index (κ1) is 37.1. The summed E-state index contributed by atoms with van der Waals surface area (Å²) < 4.78 is 7.03. The predicted octanol–water partition coefficient (Wildman–Crippen LogP) is 15.8. The highest BCUT2D eigenvalue weighted by Crippen LogP contribution is 2.48. The minimum absolute atomic E-state index is 0.0891. The van der Waals surface area contributed by atoms with Crippen LogP contribution in [-0.4, -0.2) is 15.0 Å². The summed E-state index contributed by atoms with van der Waals surface area (Å²) in [4.78, 5) is 15.4. The van der Waals surface area contributed by atoms with E-state index in [4.69, 9.17) is 19.4 Å². The number of rotatable bonds is 6. The first-order chi connectivity index (χ1) is 32.2. The molecule has 1 atom stereocenters. The molecule has 0 radical (unpaired) electrons. The van der Waals surface area contributed by atoms with E-state index in [1.54, 1.807) is 0 Å². The topological polar surface area (TPSA) is 51.8 Å². The lowest BCUT2D eigenvalue weighted by atomic mass is 9.74. The van der Waals surface area contributed by atoms with Crippen molar-refractivity contribution < 1.29 is 4.42 Å². The van der Waals surface area contributed by atoms with Crippen LogP contribution in [0.25, 0.3) is 111 Å². The molecule has 0 aliphatic heterocycles. The van der Waals surface area contributed by atoms with E-state index in [9.17, 15) is 0 Å². The van der Waals surface area contributed by atoms with E-state index in [0.29, 0.717) is 17.5 Å². The van der Waals surface area contributed by atoms with Crippen molar-refractivity contribution in [3.63, 3.8) is 0 Å². The standard InChI is InChI=1S/C61H39N3O/c1-3-12-38(13-4-1)44-24-25-46-36-55(50-30-28-45(35-56(50)54(46)34-44)39-14-5-2-6-15-39)53-21-11-20-52-51-31-29-49(37-57(51)65-58(52)53)61-63-59(47-26-22-40-16-7-9-18-42(40)32-47)62-60(64-61)48-27-23-41-17-8-10-19-43(41)33-48/h1-35,37,55H,36H2. The summed E-state index contributed by atoms with van der Waals surface area (Å²) in [5.74, 6) is 1.93. The maximum absolute atomic E-state index is 7.03. The van der Waals surface area contributed by atoms with Crippen LogP contribution in [0.4, 0.5) is 0 Å². The molecule has 304 valence electrons. The Hall–Kier alpha value is -8.47. The van der Waals surface area contributed by atoms with Gasteiger partial charge < -0.3 is 4.42 Å². The second kappa shape index (κ2) is 15.1. The van der Waals surface area contributed by atoms with Gasteiger partial charge in [-0.25, -0.2) is 15.0 Å². The van der Waals surface area contributed by atoms with Crippen molar-refractivity contribution in [2.45, 2.75) is 12.3 Å². The van der Waals surface area contributed by atoms with Crippen LogP contribution in [0.15, 0.2) is 223 Å². The van der Waals surface area contributed by atoms with Gasteiger partial charge in [0, 0.05) is 38.9 Å². The van der Waals surface area contributed by atoms with Crippen LogP contribution in [0.1, 0.15) is 22.6 Å². The quantitative estimate of drug-likeness (QED) is 0.167. The number of hydrogen-bond donors (Lipinski definition) is 0. The monoisotopic (exact) mass is 829 g/mol. The van der Waals surface area contributed by atoms with Crippen LogP contribution >= 0.6 is 0 Å². The average Bonchev–Trinajstić information content (AvgIpc) is 3.76. The Kier molecular flexibility index (Phi) is 8.63. The van der Waals surface area contributed by atoms with Gasteiger partial charge in [0.1, 0.15) is 11.2 Å². The summed E-state index contributed by atoms with van der Waals surface area (Å²) in [6.07, 6.45) is 0.865. The summed E-state index contributed by atoms with van der Waals surface area (Å²) in [5.41, 5.74) is 15.7. The highest BCUT2D eigenvalue weighted by molar-refractivity contribution is 6.07. The maximum atomic E-state index is 7.03. The molecule has 10 aromatic carbocycles. The third kappa shape index (κ3) is 6.49. The molecule has 0 N–H and O–H groups in total. The van der Waals surface area contributed by atoms with Crippen LogP contribution in [0.5, 0.6) is 0 Å². The van der Waals surface area contributed by atoms with E-state index >= 15 is 0 Å². The van der Waals surface area contributed by atoms with E-state index in [2.05, 4.69) is 218 Å². The smallest absolute Gasteiger partial charge is 0.164 e. The van der Waals surface area contributed by atoms with Gasteiger partial charge >= 0.3 is 0 Å². The highest BCUT2D eigenvalue weighted by Gasteiger charge is 2.29. The van der Waals surface area contributed by atoms with Gasteiger partial charge in [-0.1, -0.05) is 182 Å². The molecule has 13 rings (SSSR count). The number of fused-ring (bicyclic) bond motifs is 8. The summed E-state index contributed by atoms with van der Waals surface area (Å²) in [6.45, 7) is 0. The van der Waals surface area contributed by atoms with Gasteiger partial charge in [-0.2, -0.15) is 0 Å². The maximum Gasteiger partial charge on any atom is 0.164 e. The number of para-hydroxylation sites is 1. The van der Waals surface area contributed by atoms with Crippen molar-refractivity contribution in [1.29, 1.82) is 0 Å². The molecule has 4 heteroatoms. The average molecular weight is 830 g/mol. The van der Waals surface area contributed by atoms with Gasteiger partial charge in [0.15, 0.2) is 17.5 Å². The van der Waals surface area contributed by atoms with Gasteiger partial charge in [-0.3, -0.25) is 0 Å². The van der Waals surface area contributed by atoms with E-state index in [-0.39, 0.29) is 5.92 Å². The summed E-state index contributed by atoms with van der Waals surface area (Å²) in [5, 5.41) is 6.77. The summed E-state index contributed by atoms with van der Waals surface area (Å²) in [6, 6.07) is 78.0. The molecule has 65 heavy (non-hydrogen) atoms. The molecule has 0 saturated carbocycles. The second-order valence-corrected chi connectivity index (χ2v) is 17.1. The molecule has 2 heterocycles. The van der Waals surface area contributed by atoms with Gasteiger partial charge in [-0.15, -0.1) is 0 Å². The molecule has 1 aliphatic rings. The zero-order valence-corrected chi connectivity index (χ0v) is 35.3. The molecule has 0 amide bonds. The molecule has 12 aromatic rings. The number of benzene rings is 10. The SMILES string of the molecule is c1ccc(-c2ccc3c(c2)-c2cc(-c4ccccc4)ccc2C(c2cccc4c2oc2cc(-c5nc(-c6ccc7ccccc7c6)nc(-c6ccc7ccccc7c6)n5)ccc24)C3)cc1. The first-order valence-electron chi connectivity index (χ1n) is 22.2. The predicted molar refractivity (Wildman–Crippen MR) is 267 cm³/mol. The molecule has 0 saturated heterocycles. The second-order valence-electron chi connectivity index (χ2n) is 17.1. The Morgan fingerprint density at radius 1 is 0.338 bits per heavy atom. The molecule has 1 unspecified atom stereocenters. The molecule has 0 fully saturated rings. The van der Waals surface area contributed by atoms with Crippen LogP contribution < -0.4 is 0 Å². The van der Waals surface area contributed by atoms with E-state index in [1.165, 1.54) is 60.8 Å². The fraction of sp³-hybridized carbons (Fsp3) is 0.0328. The fourth-order valence-electron chi connectivity index (χ4n) is 9.98. The zero-order chi connectivity index (χ0) is 42.8. The van der Waals surface area contributed by atoms with Crippen molar-refractivity contribution in [2.24, 2.45) is 0 Å². The molecule has 0 bridgehead atoms. The van der Waals surface area contributed by atoms with Crippen molar-refractivity contribution in [3.8, 4) is 67.5 Å². The lowest BCUT2D eigenvalue weighted by Gasteiger charge is -2.29. The normalized spacial score (nSPS) is 13.3. The fourth-order valence-corrected chi connectivity index (χ4v) is 9.98. The van der Waals surface area contributed by atoms with E-state index in [0.717, 1.165) is 55.8 Å². The van der Waals surface area contributed by atoms with Crippen LogP contribution in [0, 0.1) is 0 Å². The van der Waals surface area contributed by atoms with E-state index < -0.39 is 0 Å². The number of hydrogen-bond acceptors (Lipinski definition) is 4. The molecule has 2 aromatic heterocycles. The third-order valence-electron chi connectivity index (χ3n) is 13.3. The molecule has 0 spiro atoms. The van der Waals surface area contributed by atoms with Gasteiger partial charge in [0.05, 0.1) is 0 Å². The minimum atomic E-state index is 0.0891. The van der Waals surface area contributed by atoms with Crippen LogP contribution in [-0.2, 0) is 6.42 Å². The number of nitrogens with zero attached hydrogens (tertiary/aromatic N) is 3. The Labute approximate surface area is 376 Å². The molecular weight excluding hydrogens is 791 g/mol. The van der Waals surface area contributed by atoms with Gasteiger partial charge in [-0.05, 0) is 109 Å². The lowest BCUT2D eigenvalue weighted by molar-refractivity contribution is 0.654. The van der Waals surface area contributed by atoms with Crippen molar-refractivity contribution in [3.05, 3.63) is 235 Å². The largest absolute Gasteiger partial charge is 0.456 e. The van der Waals surface area contributed by atoms with Crippen molar-refractivity contribution >= 4 is 43.5 Å². The van der Waals surface area contributed by atoms with Crippen molar-refractivity contribution in [2.75, 3.05) is 0 Å².